The lowest BCUT2D eigenvalue weighted by Gasteiger charge is -2.43. The van der Waals surface area contributed by atoms with E-state index in [0.717, 1.165) is 32.1 Å². The fraction of sp³-hybridized carbons (Fsp3) is 0.862. The normalized spacial score (nSPS) is 39.3. The standard InChI is InChI=1S/C29H42Cl2O8/c1-24(2,20(32)38-19-10-8-9-13-36-19)15-26(5,16-29(31)23(35)39-22(34)28(29,7)30)21(33)37-18-14-17-11-12-27(18,6)25(17,3)4/h17-19H,8-16H2,1-7H3. The molecule has 4 fully saturated rings. The number of halogens is 2. The highest BCUT2D eigenvalue weighted by Gasteiger charge is 2.69. The summed E-state index contributed by atoms with van der Waals surface area (Å²) >= 11 is 13.3. The first-order chi connectivity index (χ1) is 17.8. The third kappa shape index (κ3) is 4.90. The quantitative estimate of drug-likeness (QED) is 0.154. The first kappa shape index (κ1) is 30.6. The second kappa shape index (κ2) is 9.87. The Kier molecular flexibility index (Phi) is 7.74. The van der Waals surface area contributed by atoms with E-state index in [-0.39, 0.29) is 29.8 Å². The zero-order valence-corrected chi connectivity index (χ0v) is 25.6. The van der Waals surface area contributed by atoms with E-state index in [2.05, 4.69) is 20.8 Å². The van der Waals surface area contributed by atoms with Gasteiger partial charge >= 0.3 is 23.9 Å². The number of esters is 4. The molecule has 0 spiro atoms. The fourth-order valence-electron chi connectivity index (χ4n) is 7.31. The number of cyclic esters (lactones) is 2. The van der Waals surface area contributed by atoms with E-state index in [1.807, 2.05) is 0 Å². The maximum atomic E-state index is 14.1. The fourth-order valence-corrected chi connectivity index (χ4v) is 7.90. The van der Waals surface area contributed by atoms with E-state index < -0.39 is 50.7 Å². The maximum absolute atomic E-state index is 14.1. The first-order valence-corrected chi connectivity index (χ1v) is 14.7. The molecule has 220 valence electrons. The summed E-state index contributed by atoms with van der Waals surface area (Å²) in [6, 6.07) is 0. The number of hydrogen-bond acceptors (Lipinski definition) is 8. The van der Waals surface area contributed by atoms with Gasteiger partial charge in [0.15, 0.2) is 9.75 Å². The van der Waals surface area contributed by atoms with Crippen molar-refractivity contribution in [3.8, 4) is 0 Å². The molecule has 2 saturated heterocycles. The van der Waals surface area contributed by atoms with Crippen molar-refractivity contribution in [2.24, 2.45) is 27.6 Å². The second-order valence-electron chi connectivity index (χ2n) is 14.0. The molecule has 0 aromatic carbocycles. The van der Waals surface area contributed by atoms with E-state index in [9.17, 15) is 19.2 Å². The van der Waals surface area contributed by atoms with Crippen molar-refractivity contribution in [2.45, 2.75) is 122 Å². The van der Waals surface area contributed by atoms with E-state index in [0.29, 0.717) is 18.9 Å². The summed E-state index contributed by atoms with van der Waals surface area (Å²) < 4.78 is 22.3. The van der Waals surface area contributed by atoms with Crippen molar-refractivity contribution < 1.29 is 38.1 Å². The molecular formula is C29H42Cl2O8. The van der Waals surface area contributed by atoms with Crippen molar-refractivity contribution >= 4 is 47.1 Å². The van der Waals surface area contributed by atoms with E-state index in [4.69, 9.17) is 42.1 Å². The molecule has 0 aromatic heterocycles. The number of rotatable bonds is 8. The molecule has 4 rings (SSSR count). The molecule has 0 N–H and O–H groups in total. The van der Waals surface area contributed by atoms with Gasteiger partial charge in [0, 0.05) is 11.8 Å². The molecular weight excluding hydrogens is 547 g/mol. The van der Waals surface area contributed by atoms with Crippen LogP contribution in [0.15, 0.2) is 0 Å². The summed E-state index contributed by atoms with van der Waals surface area (Å²) in [5.41, 5.74) is -2.88. The Hall–Kier alpha value is -1.38. The van der Waals surface area contributed by atoms with Gasteiger partial charge in [0.25, 0.3) is 0 Å². The van der Waals surface area contributed by atoms with Crippen LogP contribution in [0.5, 0.6) is 0 Å². The zero-order chi connectivity index (χ0) is 29.2. The summed E-state index contributed by atoms with van der Waals surface area (Å²) in [5, 5.41) is 0. The van der Waals surface area contributed by atoms with E-state index >= 15 is 0 Å². The predicted molar refractivity (Wildman–Crippen MR) is 144 cm³/mol. The summed E-state index contributed by atoms with van der Waals surface area (Å²) in [6.45, 7) is 13.4. The lowest BCUT2D eigenvalue weighted by Crippen LogP contribution is -2.53. The molecule has 2 heterocycles. The molecule has 10 heteroatoms. The van der Waals surface area contributed by atoms with Crippen LogP contribution in [0.2, 0.25) is 0 Å². The molecule has 0 aromatic rings. The van der Waals surface area contributed by atoms with Crippen molar-refractivity contribution in [3.63, 3.8) is 0 Å². The Morgan fingerprint density at radius 2 is 1.64 bits per heavy atom. The van der Waals surface area contributed by atoms with Crippen LogP contribution in [-0.2, 0) is 38.1 Å². The topological polar surface area (TPSA) is 105 Å². The van der Waals surface area contributed by atoms with Crippen LogP contribution in [0.3, 0.4) is 0 Å². The summed E-state index contributed by atoms with van der Waals surface area (Å²) in [5.74, 6) is -2.69. The highest BCUT2D eigenvalue weighted by atomic mass is 35.5. The average molecular weight is 590 g/mol. The van der Waals surface area contributed by atoms with Gasteiger partial charge in [-0.1, -0.05) is 20.8 Å². The first-order valence-electron chi connectivity index (χ1n) is 14.0. The Labute approximate surface area is 241 Å². The van der Waals surface area contributed by atoms with Crippen molar-refractivity contribution in [2.75, 3.05) is 6.61 Å². The average Bonchev–Trinajstić information content (AvgIpc) is 3.23. The molecule has 8 nitrogen and oxygen atoms in total. The van der Waals surface area contributed by atoms with Crippen molar-refractivity contribution in [1.82, 2.24) is 0 Å². The predicted octanol–water partition coefficient (Wildman–Crippen LogP) is 5.69. The van der Waals surface area contributed by atoms with Gasteiger partial charge in [0.2, 0.25) is 6.29 Å². The smallest absolute Gasteiger partial charge is 0.337 e. The minimum atomic E-state index is -2.04. The van der Waals surface area contributed by atoms with Gasteiger partial charge in [-0.15, -0.1) is 23.2 Å². The Morgan fingerprint density at radius 3 is 2.13 bits per heavy atom. The lowest BCUT2D eigenvalue weighted by molar-refractivity contribution is -0.198. The van der Waals surface area contributed by atoms with Crippen molar-refractivity contribution in [1.29, 1.82) is 0 Å². The second-order valence-corrected chi connectivity index (χ2v) is 15.4. The minimum Gasteiger partial charge on any atom is -0.461 e. The van der Waals surface area contributed by atoms with Crippen molar-refractivity contribution in [3.05, 3.63) is 0 Å². The van der Waals surface area contributed by atoms with Gasteiger partial charge in [0.05, 0.1) is 17.4 Å². The summed E-state index contributed by atoms with van der Waals surface area (Å²) in [7, 11) is 0. The maximum Gasteiger partial charge on any atom is 0.337 e. The SMILES string of the molecule is CC(C)(CC(C)(CC1(Cl)C(=O)OC(=O)C1(C)Cl)C(=O)OC1CC2CCC1(C)C2(C)C)C(=O)OC1CCCCO1. The van der Waals surface area contributed by atoms with Crippen LogP contribution in [0.1, 0.15) is 99.8 Å². The number of ether oxygens (including phenoxy) is 4. The molecule has 2 aliphatic heterocycles. The number of hydrogen-bond donors (Lipinski definition) is 0. The molecule has 2 bridgehead atoms. The zero-order valence-electron chi connectivity index (χ0n) is 24.1. The van der Waals surface area contributed by atoms with E-state index in [1.54, 1.807) is 20.8 Å². The Bertz CT molecular complexity index is 1050. The highest BCUT2D eigenvalue weighted by Crippen LogP contribution is 2.66. The Balaban J connectivity index is 1.63. The molecule has 7 atom stereocenters. The molecule has 39 heavy (non-hydrogen) atoms. The van der Waals surface area contributed by atoms with Gasteiger partial charge in [-0.3, -0.25) is 9.59 Å². The lowest BCUT2D eigenvalue weighted by atomic mass is 9.67. The van der Waals surface area contributed by atoms with Crippen LogP contribution in [0, 0.1) is 27.6 Å². The van der Waals surface area contributed by atoms with Gasteiger partial charge in [0.1, 0.15) is 6.10 Å². The molecule has 7 unspecified atom stereocenters. The number of carbonyl (C=O) groups is 4. The van der Waals surface area contributed by atoms with Gasteiger partial charge in [-0.05, 0) is 84.0 Å². The van der Waals surface area contributed by atoms with Gasteiger partial charge in [-0.25, -0.2) is 9.59 Å². The summed E-state index contributed by atoms with van der Waals surface area (Å²) in [6.07, 6.45) is 3.77. The van der Waals surface area contributed by atoms with Gasteiger partial charge < -0.3 is 18.9 Å². The Morgan fingerprint density at radius 1 is 0.974 bits per heavy atom. The summed E-state index contributed by atoms with van der Waals surface area (Å²) in [4.78, 5) is 48.8. The molecule has 4 aliphatic rings. The molecule has 2 saturated carbocycles. The van der Waals surface area contributed by atoms with Crippen LogP contribution in [0.25, 0.3) is 0 Å². The number of carbonyl (C=O) groups excluding carboxylic acids is 4. The number of alkyl halides is 2. The van der Waals surface area contributed by atoms with Crippen LogP contribution in [-0.4, -0.2) is 52.6 Å². The molecule has 2 aliphatic carbocycles. The van der Waals surface area contributed by atoms with Crippen LogP contribution < -0.4 is 0 Å². The van der Waals surface area contributed by atoms with Crippen LogP contribution in [0.4, 0.5) is 0 Å². The third-order valence-electron chi connectivity index (χ3n) is 10.5. The minimum absolute atomic E-state index is 0.00151. The van der Waals surface area contributed by atoms with Crippen LogP contribution >= 0.6 is 23.2 Å². The molecule has 0 radical (unpaired) electrons. The largest absolute Gasteiger partial charge is 0.461 e. The molecule has 0 amide bonds. The monoisotopic (exact) mass is 588 g/mol. The van der Waals surface area contributed by atoms with E-state index in [1.165, 1.54) is 6.92 Å². The third-order valence-corrected chi connectivity index (χ3v) is 11.7. The highest BCUT2D eigenvalue weighted by molar-refractivity contribution is 6.50. The van der Waals surface area contributed by atoms with Gasteiger partial charge in [-0.2, -0.15) is 0 Å². The number of fused-ring (bicyclic) bond motifs is 2.